The molecule has 0 saturated heterocycles. The third kappa shape index (κ3) is 3.72. The van der Waals surface area contributed by atoms with E-state index in [1.54, 1.807) is 11.3 Å². The molecule has 4 nitrogen and oxygen atoms in total. The van der Waals surface area contributed by atoms with Gasteiger partial charge in [0.05, 0.1) is 16.7 Å². The monoisotopic (exact) mass is 295 g/mol. The van der Waals surface area contributed by atoms with Crippen LogP contribution in [0.1, 0.15) is 62.7 Å². The topological polar surface area (TPSA) is 45.2 Å². The van der Waals surface area contributed by atoms with Gasteiger partial charge in [-0.05, 0) is 33.6 Å². The fourth-order valence-electron chi connectivity index (χ4n) is 2.88. The highest BCUT2D eigenvalue weighted by Gasteiger charge is 2.25. The molecular weight excluding hydrogens is 270 g/mol. The molecule has 1 aromatic rings. The fourth-order valence-corrected chi connectivity index (χ4v) is 3.59. The second kappa shape index (κ2) is 7.07. The second-order valence-electron chi connectivity index (χ2n) is 5.54. The van der Waals surface area contributed by atoms with E-state index >= 15 is 0 Å². The van der Waals surface area contributed by atoms with Crippen LogP contribution in [0.5, 0.6) is 0 Å². The van der Waals surface area contributed by atoms with Crippen molar-refractivity contribution in [2.75, 3.05) is 6.54 Å². The van der Waals surface area contributed by atoms with Crippen LogP contribution in [-0.4, -0.2) is 28.5 Å². The number of rotatable bonds is 4. The molecule has 2 amide bonds. The quantitative estimate of drug-likeness (QED) is 0.916. The maximum atomic E-state index is 12.5. The summed E-state index contributed by atoms with van der Waals surface area (Å²) in [5, 5.41) is 6.16. The first-order valence-electron chi connectivity index (χ1n) is 7.61. The number of thiazole rings is 1. The molecule has 1 atom stereocenters. The summed E-state index contributed by atoms with van der Waals surface area (Å²) in [6.45, 7) is 6.83. The van der Waals surface area contributed by atoms with E-state index in [0.29, 0.717) is 6.04 Å². The van der Waals surface area contributed by atoms with E-state index in [0.717, 1.165) is 30.1 Å². The number of aryl methyl sites for hydroxylation is 1. The normalized spacial score (nSPS) is 17.8. The standard InChI is InChI=1S/C15H25N3OS/c1-4-18(13-8-6-5-7-9-13)15(19)16-11(2)14-10-20-12(3)17-14/h10-11,13H,4-9H2,1-3H3,(H,16,19). The van der Waals surface area contributed by atoms with E-state index in [1.807, 2.05) is 24.1 Å². The SMILES string of the molecule is CCN(C(=O)NC(C)c1csc(C)n1)C1CCCCC1. The first kappa shape index (κ1) is 15.3. The van der Waals surface area contributed by atoms with Crippen molar-refractivity contribution < 1.29 is 4.79 Å². The molecule has 0 spiro atoms. The first-order chi connectivity index (χ1) is 9.61. The average Bonchev–Trinajstić information content (AvgIpc) is 2.87. The Labute approximate surface area is 125 Å². The minimum absolute atomic E-state index is 0.0231. The van der Waals surface area contributed by atoms with Crippen LogP contribution in [0.2, 0.25) is 0 Å². The van der Waals surface area contributed by atoms with Gasteiger partial charge in [0.15, 0.2) is 0 Å². The smallest absolute Gasteiger partial charge is 0.318 e. The molecule has 0 aliphatic heterocycles. The van der Waals surface area contributed by atoms with Crippen molar-refractivity contribution in [3.8, 4) is 0 Å². The Balaban J connectivity index is 1.94. The summed E-state index contributed by atoms with van der Waals surface area (Å²) < 4.78 is 0. The highest BCUT2D eigenvalue weighted by Crippen LogP contribution is 2.23. The molecule has 1 heterocycles. The zero-order valence-corrected chi connectivity index (χ0v) is 13.5. The van der Waals surface area contributed by atoms with Crippen molar-refractivity contribution in [2.45, 2.75) is 65.0 Å². The number of carbonyl (C=O) groups excluding carboxylic acids is 1. The second-order valence-corrected chi connectivity index (χ2v) is 6.60. The van der Waals surface area contributed by atoms with E-state index in [-0.39, 0.29) is 12.1 Å². The summed E-state index contributed by atoms with van der Waals surface area (Å²) in [6, 6.07) is 0.445. The molecule has 1 fully saturated rings. The molecule has 0 radical (unpaired) electrons. The molecule has 1 N–H and O–H groups in total. The lowest BCUT2D eigenvalue weighted by Gasteiger charge is -2.34. The van der Waals surface area contributed by atoms with Gasteiger partial charge in [0, 0.05) is 18.0 Å². The number of carbonyl (C=O) groups is 1. The molecule has 2 rings (SSSR count). The Kier molecular flexibility index (Phi) is 5.40. The van der Waals surface area contributed by atoms with Crippen LogP contribution >= 0.6 is 11.3 Å². The van der Waals surface area contributed by atoms with Gasteiger partial charge in [-0.25, -0.2) is 9.78 Å². The number of aromatic nitrogens is 1. The zero-order valence-electron chi connectivity index (χ0n) is 12.7. The summed E-state index contributed by atoms with van der Waals surface area (Å²) in [6.07, 6.45) is 6.09. The van der Waals surface area contributed by atoms with Gasteiger partial charge < -0.3 is 10.2 Å². The molecular formula is C15H25N3OS. The summed E-state index contributed by atoms with van der Waals surface area (Å²) in [5.74, 6) is 0. The van der Waals surface area contributed by atoms with Gasteiger partial charge in [-0.3, -0.25) is 0 Å². The van der Waals surface area contributed by atoms with Crippen molar-refractivity contribution in [1.29, 1.82) is 0 Å². The van der Waals surface area contributed by atoms with Gasteiger partial charge in [-0.15, -0.1) is 11.3 Å². The number of amides is 2. The number of hydrogen-bond donors (Lipinski definition) is 1. The maximum Gasteiger partial charge on any atom is 0.318 e. The lowest BCUT2D eigenvalue weighted by atomic mass is 9.94. The van der Waals surface area contributed by atoms with Gasteiger partial charge in [0.1, 0.15) is 0 Å². The molecule has 1 unspecified atom stereocenters. The largest absolute Gasteiger partial charge is 0.330 e. The molecule has 0 aromatic carbocycles. The van der Waals surface area contributed by atoms with Crippen LogP contribution in [0.3, 0.4) is 0 Å². The van der Waals surface area contributed by atoms with Gasteiger partial charge in [-0.1, -0.05) is 19.3 Å². The summed E-state index contributed by atoms with van der Waals surface area (Å²) in [7, 11) is 0. The Morgan fingerprint density at radius 2 is 2.20 bits per heavy atom. The molecule has 1 aromatic heterocycles. The zero-order chi connectivity index (χ0) is 14.5. The average molecular weight is 295 g/mol. The molecule has 1 aliphatic rings. The van der Waals surface area contributed by atoms with Crippen molar-refractivity contribution in [3.05, 3.63) is 16.1 Å². The number of hydrogen-bond acceptors (Lipinski definition) is 3. The van der Waals surface area contributed by atoms with Crippen LogP contribution in [0, 0.1) is 6.92 Å². The van der Waals surface area contributed by atoms with Crippen LogP contribution in [-0.2, 0) is 0 Å². The molecule has 20 heavy (non-hydrogen) atoms. The molecule has 112 valence electrons. The molecule has 0 bridgehead atoms. The van der Waals surface area contributed by atoms with Crippen LogP contribution < -0.4 is 5.32 Å². The van der Waals surface area contributed by atoms with Gasteiger partial charge in [-0.2, -0.15) is 0 Å². The first-order valence-corrected chi connectivity index (χ1v) is 8.49. The highest BCUT2D eigenvalue weighted by molar-refractivity contribution is 7.09. The number of nitrogens with zero attached hydrogens (tertiary/aromatic N) is 2. The van der Waals surface area contributed by atoms with Crippen molar-refractivity contribution in [1.82, 2.24) is 15.2 Å². The summed E-state index contributed by atoms with van der Waals surface area (Å²) >= 11 is 1.63. The molecule has 1 aliphatic carbocycles. The number of urea groups is 1. The minimum Gasteiger partial charge on any atom is -0.330 e. The molecule has 5 heteroatoms. The van der Waals surface area contributed by atoms with Crippen LogP contribution in [0.15, 0.2) is 5.38 Å². The van der Waals surface area contributed by atoms with Crippen molar-refractivity contribution in [2.24, 2.45) is 0 Å². The van der Waals surface area contributed by atoms with Gasteiger partial charge >= 0.3 is 6.03 Å². The lowest BCUT2D eigenvalue weighted by molar-refractivity contribution is 0.157. The van der Waals surface area contributed by atoms with E-state index in [4.69, 9.17) is 0 Å². The third-order valence-electron chi connectivity index (χ3n) is 4.04. The maximum absolute atomic E-state index is 12.5. The van der Waals surface area contributed by atoms with E-state index in [2.05, 4.69) is 17.2 Å². The van der Waals surface area contributed by atoms with E-state index in [9.17, 15) is 4.79 Å². The molecule has 1 saturated carbocycles. The third-order valence-corrected chi connectivity index (χ3v) is 4.83. The minimum atomic E-state index is -0.0231. The Morgan fingerprint density at radius 3 is 2.75 bits per heavy atom. The lowest BCUT2D eigenvalue weighted by Crippen LogP contribution is -2.47. The predicted octanol–water partition coefficient (Wildman–Crippen LogP) is 3.88. The Hall–Kier alpha value is -1.10. The summed E-state index contributed by atoms with van der Waals surface area (Å²) in [5.41, 5.74) is 0.959. The van der Waals surface area contributed by atoms with E-state index < -0.39 is 0 Å². The Morgan fingerprint density at radius 1 is 1.50 bits per heavy atom. The highest BCUT2D eigenvalue weighted by atomic mass is 32.1. The van der Waals surface area contributed by atoms with Crippen molar-refractivity contribution in [3.63, 3.8) is 0 Å². The van der Waals surface area contributed by atoms with Crippen LogP contribution in [0.25, 0.3) is 0 Å². The van der Waals surface area contributed by atoms with Gasteiger partial charge in [0.2, 0.25) is 0 Å². The predicted molar refractivity (Wildman–Crippen MR) is 83.1 cm³/mol. The van der Waals surface area contributed by atoms with E-state index in [1.165, 1.54) is 19.3 Å². The fraction of sp³-hybridized carbons (Fsp3) is 0.733. The Bertz CT molecular complexity index is 440. The summed E-state index contributed by atoms with van der Waals surface area (Å²) in [4.78, 5) is 18.9. The number of nitrogens with one attached hydrogen (secondary N) is 1. The van der Waals surface area contributed by atoms with Crippen LogP contribution in [0.4, 0.5) is 4.79 Å². The van der Waals surface area contributed by atoms with Gasteiger partial charge in [0.25, 0.3) is 0 Å². The van der Waals surface area contributed by atoms with Crippen molar-refractivity contribution >= 4 is 17.4 Å².